The van der Waals surface area contributed by atoms with Crippen molar-refractivity contribution in [1.82, 2.24) is 15.6 Å². The van der Waals surface area contributed by atoms with Crippen LogP contribution in [0, 0.1) is 11.9 Å². The molecule has 1 aliphatic heterocycles. The van der Waals surface area contributed by atoms with Gasteiger partial charge in [0.25, 0.3) is 5.91 Å². The first-order valence-corrected chi connectivity index (χ1v) is 11.5. The first-order valence-electron chi connectivity index (χ1n) is 11.5. The van der Waals surface area contributed by atoms with Gasteiger partial charge in [0.2, 0.25) is 11.9 Å². The number of benzene rings is 2. The van der Waals surface area contributed by atoms with Gasteiger partial charge >= 0.3 is 6.18 Å². The van der Waals surface area contributed by atoms with Crippen LogP contribution in [0.15, 0.2) is 66.9 Å². The molecular weight excluding hydrogens is 492 g/mol. The Morgan fingerprint density at radius 3 is 2.49 bits per heavy atom. The van der Waals surface area contributed by atoms with Gasteiger partial charge in [0, 0.05) is 31.1 Å². The average molecular weight is 516 g/mol. The number of ether oxygens (including phenoxy) is 1. The summed E-state index contributed by atoms with van der Waals surface area (Å²) in [6, 6.07) is 13.7. The van der Waals surface area contributed by atoms with Crippen molar-refractivity contribution < 1.29 is 31.9 Å². The molecule has 1 aromatic heterocycles. The van der Waals surface area contributed by atoms with Gasteiger partial charge in [-0.15, -0.1) is 0 Å². The van der Waals surface area contributed by atoms with Crippen LogP contribution >= 0.6 is 0 Å². The summed E-state index contributed by atoms with van der Waals surface area (Å²) in [6.45, 7) is 0.680. The fourth-order valence-electron chi connectivity index (χ4n) is 3.95. The maximum Gasteiger partial charge on any atom is 0.418 e. The molecule has 0 radical (unpaired) electrons. The third-order valence-corrected chi connectivity index (χ3v) is 5.93. The highest BCUT2D eigenvalue weighted by Crippen LogP contribution is 2.35. The van der Waals surface area contributed by atoms with Crippen molar-refractivity contribution in [2.45, 2.75) is 25.2 Å². The molecule has 1 unspecified atom stereocenters. The van der Waals surface area contributed by atoms with Gasteiger partial charge in [0.15, 0.2) is 0 Å². The number of nitrogens with zero attached hydrogens (tertiary/aromatic N) is 1. The van der Waals surface area contributed by atoms with Gasteiger partial charge in [-0.1, -0.05) is 24.3 Å². The third-order valence-electron chi connectivity index (χ3n) is 5.93. The number of carbonyl (C=O) groups excluding carboxylic acids is 2. The number of anilines is 2. The van der Waals surface area contributed by atoms with Crippen molar-refractivity contribution in [2.24, 2.45) is 5.92 Å². The van der Waals surface area contributed by atoms with Crippen molar-refractivity contribution in [1.29, 1.82) is 0 Å². The Balaban J connectivity index is 1.34. The number of amides is 2. The lowest BCUT2D eigenvalue weighted by Crippen LogP contribution is -2.51. The number of pyridine rings is 1. The van der Waals surface area contributed by atoms with Crippen LogP contribution in [-0.4, -0.2) is 36.1 Å². The fourth-order valence-corrected chi connectivity index (χ4v) is 3.95. The monoisotopic (exact) mass is 516 g/mol. The number of aromatic nitrogens is 1. The molecule has 1 fully saturated rings. The third kappa shape index (κ3) is 6.82. The Hall–Kier alpha value is -3.99. The van der Waals surface area contributed by atoms with E-state index in [1.165, 1.54) is 24.3 Å². The number of rotatable bonds is 7. The topological polar surface area (TPSA) is 92.3 Å². The molecular formula is C26H24F4N4O3. The molecule has 11 heteroatoms. The predicted octanol–water partition coefficient (Wildman–Crippen LogP) is 4.43. The molecule has 2 aromatic carbocycles. The van der Waals surface area contributed by atoms with Crippen LogP contribution in [0.2, 0.25) is 0 Å². The standard InChI is InChI=1S/C26H24F4N4O3/c27-23-10-7-17(14-31-23)24(35)34-21-11-12-37-15-19(21)25(36)32-13-16-5-8-18(9-6-16)33-22-4-2-1-3-20(22)26(28,29)30/h1-10,14,19,21,33H,11-13,15H2,(H,32,36)(H,34,35)/t19-,21?/m1/s1. The molecule has 4 rings (SSSR count). The van der Waals surface area contributed by atoms with Crippen LogP contribution in [0.3, 0.4) is 0 Å². The van der Waals surface area contributed by atoms with Crippen LogP contribution < -0.4 is 16.0 Å². The first kappa shape index (κ1) is 26.1. The molecule has 3 N–H and O–H groups in total. The summed E-state index contributed by atoms with van der Waals surface area (Å²) in [5, 5.41) is 8.39. The van der Waals surface area contributed by atoms with Crippen LogP contribution in [-0.2, 0) is 22.3 Å². The number of hydrogen-bond donors (Lipinski definition) is 3. The maximum absolute atomic E-state index is 13.2. The van der Waals surface area contributed by atoms with Gasteiger partial charge in [-0.2, -0.15) is 17.6 Å². The summed E-state index contributed by atoms with van der Waals surface area (Å²) >= 11 is 0. The van der Waals surface area contributed by atoms with Crippen molar-refractivity contribution >= 4 is 23.2 Å². The fraction of sp³-hybridized carbons (Fsp3) is 0.269. The molecule has 194 valence electrons. The lowest BCUT2D eigenvalue weighted by Gasteiger charge is -2.31. The summed E-state index contributed by atoms with van der Waals surface area (Å²) in [5.41, 5.74) is 0.554. The quantitative estimate of drug-likeness (QED) is 0.319. The van der Waals surface area contributed by atoms with E-state index in [0.29, 0.717) is 18.7 Å². The second kappa shape index (κ2) is 11.4. The number of alkyl halides is 3. The number of hydrogen-bond acceptors (Lipinski definition) is 5. The number of carbonyl (C=O) groups is 2. The minimum atomic E-state index is -4.48. The van der Waals surface area contributed by atoms with E-state index in [0.717, 1.165) is 23.9 Å². The number of nitrogens with one attached hydrogen (secondary N) is 3. The Morgan fingerprint density at radius 2 is 1.78 bits per heavy atom. The molecule has 1 aliphatic rings. The van der Waals surface area contributed by atoms with Crippen LogP contribution in [0.25, 0.3) is 0 Å². The second-order valence-corrected chi connectivity index (χ2v) is 8.50. The molecule has 1 saturated heterocycles. The molecule has 0 saturated carbocycles. The van der Waals surface area contributed by atoms with Gasteiger partial charge in [-0.3, -0.25) is 9.59 Å². The van der Waals surface area contributed by atoms with E-state index in [9.17, 15) is 27.2 Å². The number of halogens is 4. The minimum absolute atomic E-state index is 0.0575. The van der Waals surface area contributed by atoms with Crippen molar-refractivity contribution in [3.8, 4) is 0 Å². The smallest absolute Gasteiger partial charge is 0.380 e. The summed E-state index contributed by atoms with van der Waals surface area (Å²) in [5.74, 6) is -2.11. The van der Waals surface area contributed by atoms with Crippen molar-refractivity contribution in [2.75, 3.05) is 18.5 Å². The highest BCUT2D eigenvalue weighted by Gasteiger charge is 2.34. The Bertz CT molecular complexity index is 1230. The van der Waals surface area contributed by atoms with Crippen LogP contribution in [0.5, 0.6) is 0 Å². The molecule has 7 nitrogen and oxygen atoms in total. The lowest BCUT2D eigenvalue weighted by atomic mass is 9.94. The van der Waals surface area contributed by atoms with E-state index in [4.69, 9.17) is 4.74 Å². The summed E-state index contributed by atoms with van der Waals surface area (Å²) in [4.78, 5) is 28.8. The minimum Gasteiger partial charge on any atom is -0.380 e. The summed E-state index contributed by atoms with van der Waals surface area (Å²) < 4.78 is 58.1. The van der Waals surface area contributed by atoms with Crippen molar-refractivity contribution in [3.63, 3.8) is 0 Å². The Kier molecular flexibility index (Phi) is 8.02. The van der Waals surface area contributed by atoms with Gasteiger partial charge in [-0.05, 0) is 48.4 Å². The lowest BCUT2D eigenvalue weighted by molar-refractivity contribution is -0.137. The van der Waals surface area contributed by atoms with Gasteiger partial charge < -0.3 is 20.7 Å². The van der Waals surface area contributed by atoms with E-state index in [1.54, 1.807) is 24.3 Å². The summed E-state index contributed by atoms with van der Waals surface area (Å²) in [6.07, 6.45) is -2.93. The first-order chi connectivity index (χ1) is 17.7. The van der Waals surface area contributed by atoms with E-state index in [-0.39, 0.29) is 30.3 Å². The van der Waals surface area contributed by atoms with Crippen molar-refractivity contribution in [3.05, 3.63) is 89.5 Å². The number of para-hydroxylation sites is 1. The molecule has 3 aromatic rings. The summed E-state index contributed by atoms with van der Waals surface area (Å²) in [7, 11) is 0. The van der Waals surface area contributed by atoms with Crippen LogP contribution in [0.4, 0.5) is 28.9 Å². The SMILES string of the molecule is O=C(NC1CCOC[C@H]1C(=O)NCc1ccc(Nc2ccccc2C(F)(F)F)cc1)c1ccc(F)nc1. The highest BCUT2D eigenvalue weighted by molar-refractivity contribution is 5.94. The normalized spacial score (nSPS) is 17.6. The Labute approximate surface area is 210 Å². The molecule has 2 amide bonds. The molecule has 0 aliphatic carbocycles. The molecule has 2 atom stereocenters. The Morgan fingerprint density at radius 1 is 1.03 bits per heavy atom. The zero-order valence-electron chi connectivity index (χ0n) is 19.5. The molecule has 2 heterocycles. The van der Waals surface area contributed by atoms with E-state index >= 15 is 0 Å². The zero-order valence-corrected chi connectivity index (χ0v) is 19.5. The van der Waals surface area contributed by atoms with Gasteiger partial charge in [-0.25, -0.2) is 4.98 Å². The van der Waals surface area contributed by atoms with Gasteiger partial charge in [0.05, 0.1) is 29.3 Å². The highest BCUT2D eigenvalue weighted by atomic mass is 19.4. The largest absolute Gasteiger partial charge is 0.418 e. The van der Waals surface area contributed by atoms with E-state index < -0.39 is 35.6 Å². The zero-order chi connectivity index (χ0) is 26.4. The molecule has 0 bridgehead atoms. The van der Waals surface area contributed by atoms with Crippen LogP contribution in [0.1, 0.15) is 27.9 Å². The predicted molar refractivity (Wildman–Crippen MR) is 127 cm³/mol. The average Bonchev–Trinajstić information content (AvgIpc) is 2.88. The van der Waals surface area contributed by atoms with E-state index in [1.807, 2.05) is 0 Å². The second-order valence-electron chi connectivity index (χ2n) is 8.50. The molecule has 0 spiro atoms. The molecule has 37 heavy (non-hydrogen) atoms. The van der Waals surface area contributed by atoms with Gasteiger partial charge in [0.1, 0.15) is 0 Å². The maximum atomic E-state index is 13.2. The van der Waals surface area contributed by atoms with E-state index in [2.05, 4.69) is 20.9 Å².